The molecule has 0 aliphatic heterocycles. The van der Waals surface area contributed by atoms with Crippen molar-refractivity contribution in [3.05, 3.63) is 61.1 Å². The Hall–Kier alpha value is -2.69. The van der Waals surface area contributed by atoms with Crippen molar-refractivity contribution in [2.75, 3.05) is 6.61 Å². The number of rotatable bonds is 6. The number of nitrogens with zero attached hydrogens (tertiary/aromatic N) is 3. The zero-order valence-electron chi connectivity index (χ0n) is 11.2. The largest absolute Gasteiger partial charge is 0.438 e. The zero-order valence-corrected chi connectivity index (χ0v) is 11.2. The predicted octanol–water partition coefficient (Wildman–Crippen LogP) is 3.20. The van der Waals surface area contributed by atoms with Crippen LogP contribution < -0.4 is 4.74 Å². The molecular formula is C15H15N3O2. The van der Waals surface area contributed by atoms with Gasteiger partial charge in [0, 0.05) is 12.4 Å². The molecule has 0 atom stereocenters. The van der Waals surface area contributed by atoms with Crippen molar-refractivity contribution >= 4 is 5.71 Å². The molecule has 0 N–H and O–H groups in total. The average Bonchev–Trinajstić information content (AvgIpc) is 2.49. The molecular weight excluding hydrogens is 254 g/mol. The number of benzene rings is 1. The van der Waals surface area contributed by atoms with E-state index >= 15 is 0 Å². The maximum atomic E-state index is 5.55. The van der Waals surface area contributed by atoms with Crippen molar-refractivity contribution in [1.82, 2.24) is 9.97 Å². The van der Waals surface area contributed by atoms with Crippen LogP contribution in [-0.2, 0) is 4.84 Å². The van der Waals surface area contributed by atoms with Gasteiger partial charge >= 0.3 is 0 Å². The van der Waals surface area contributed by atoms with Gasteiger partial charge in [-0.05, 0) is 36.8 Å². The van der Waals surface area contributed by atoms with Crippen LogP contribution in [0.25, 0.3) is 0 Å². The zero-order chi connectivity index (χ0) is 14.2. The van der Waals surface area contributed by atoms with Crippen molar-refractivity contribution in [2.24, 2.45) is 5.16 Å². The summed E-state index contributed by atoms with van der Waals surface area (Å²) in [5.74, 6) is 1.15. The summed E-state index contributed by atoms with van der Waals surface area (Å²) >= 11 is 0. The molecule has 0 amide bonds. The van der Waals surface area contributed by atoms with Gasteiger partial charge in [0.05, 0.1) is 11.9 Å². The highest BCUT2D eigenvalue weighted by Gasteiger charge is 2.01. The third kappa shape index (κ3) is 3.91. The van der Waals surface area contributed by atoms with Crippen LogP contribution in [0.15, 0.2) is 60.7 Å². The van der Waals surface area contributed by atoms with Gasteiger partial charge in [0.2, 0.25) is 5.88 Å². The highest BCUT2D eigenvalue weighted by Crippen LogP contribution is 2.18. The molecule has 20 heavy (non-hydrogen) atoms. The van der Waals surface area contributed by atoms with Crippen molar-refractivity contribution in [3.8, 4) is 11.6 Å². The molecule has 0 aliphatic carbocycles. The van der Waals surface area contributed by atoms with Gasteiger partial charge in [-0.25, -0.2) is 4.98 Å². The molecule has 0 saturated carbocycles. The smallest absolute Gasteiger partial charge is 0.237 e. The Bertz CT molecular complexity index is 580. The standard InChI is InChI=1S/C15H15N3O2/c1-3-10-19-18-12(2)13-4-6-14(7-5-13)20-15-11-16-8-9-17-15/h3-9,11H,1,10H2,2H3/b18-12+. The van der Waals surface area contributed by atoms with Crippen LogP contribution in [0.5, 0.6) is 11.6 Å². The van der Waals surface area contributed by atoms with E-state index in [4.69, 9.17) is 9.57 Å². The molecule has 5 nitrogen and oxygen atoms in total. The molecule has 102 valence electrons. The first-order valence-electron chi connectivity index (χ1n) is 6.11. The summed E-state index contributed by atoms with van der Waals surface area (Å²) in [6, 6.07) is 7.50. The molecule has 2 aromatic rings. The number of oxime groups is 1. The third-order valence-electron chi connectivity index (χ3n) is 2.43. The van der Waals surface area contributed by atoms with E-state index in [0.29, 0.717) is 18.2 Å². The van der Waals surface area contributed by atoms with Crippen molar-refractivity contribution in [1.29, 1.82) is 0 Å². The van der Waals surface area contributed by atoms with Gasteiger partial charge in [-0.1, -0.05) is 17.8 Å². The lowest BCUT2D eigenvalue weighted by atomic mass is 10.1. The monoisotopic (exact) mass is 269 g/mol. The molecule has 0 bridgehead atoms. The number of hydrogen-bond acceptors (Lipinski definition) is 5. The van der Waals surface area contributed by atoms with Gasteiger partial charge in [0.1, 0.15) is 12.4 Å². The van der Waals surface area contributed by atoms with E-state index in [9.17, 15) is 0 Å². The lowest BCUT2D eigenvalue weighted by Crippen LogP contribution is -1.96. The van der Waals surface area contributed by atoms with E-state index in [0.717, 1.165) is 11.3 Å². The van der Waals surface area contributed by atoms with Gasteiger partial charge in [-0.2, -0.15) is 0 Å². The van der Waals surface area contributed by atoms with Crippen LogP contribution >= 0.6 is 0 Å². The molecule has 0 saturated heterocycles. The van der Waals surface area contributed by atoms with E-state index < -0.39 is 0 Å². The summed E-state index contributed by atoms with van der Waals surface area (Å²) in [6.07, 6.45) is 6.38. The lowest BCUT2D eigenvalue weighted by molar-refractivity contribution is 0.175. The molecule has 1 aromatic carbocycles. The summed E-state index contributed by atoms with van der Waals surface area (Å²) in [7, 11) is 0. The Labute approximate surface area is 117 Å². The van der Waals surface area contributed by atoms with Crippen LogP contribution in [-0.4, -0.2) is 22.3 Å². The normalized spacial score (nSPS) is 10.9. The van der Waals surface area contributed by atoms with Gasteiger partial charge in [0.15, 0.2) is 0 Å². The fourth-order valence-corrected chi connectivity index (χ4v) is 1.46. The fraction of sp³-hybridized carbons (Fsp3) is 0.133. The Morgan fingerprint density at radius 2 is 2.10 bits per heavy atom. The first-order valence-corrected chi connectivity index (χ1v) is 6.11. The second-order valence-electron chi connectivity index (χ2n) is 3.93. The number of aromatic nitrogens is 2. The van der Waals surface area contributed by atoms with Crippen molar-refractivity contribution in [3.63, 3.8) is 0 Å². The third-order valence-corrected chi connectivity index (χ3v) is 2.43. The van der Waals surface area contributed by atoms with Crippen LogP contribution in [0, 0.1) is 0 Å². The maximum absolute atomic E-state index is 5.55. The highest BCUT2D eigenvalue weighted by molar-refractivity contribution is 5.98. The SMILES string of the molecule is C=CCO/N=C(\C)c1ccc(Oc2cnccn2)cc1. The van der Waals surface area contributed by atoms with E-state index in [1.807, 2.05) is 31.2 Å². The van der Waals surface area contributed by atoms with Crippen LogP contribution in [0.2, 0.25) is 0 Å². The molecule has 0 spiro atoms. The summed E-state index contributed by atoms with van der Waals surface area (Å²) in [5, 5.41) is 3.98. The van der Waals surface area contributed by atoms with E-state index in [2.05, 4.69) is 21.7 Å². The number of hydrogen-bond donors (Lipinski definition) is 0. The number of ether oxygens (including phenoxy) is 1. The molecule has 0 aliphatic rings. The summed E-state index contributed by atoms with van der Waals surface area (Å²) in [5.41, 5.74) is 1.75. The molecule has 5 heteroatoms. The Morgan fingerprint density at radius 3 is 2.75 bits per heavy atom. The van der Waals surface area contributed by atoms with E-state index in [-0.39, 0.29) is 0 Å². The average molecular weight is 269 g/mol. The molecule has 0 unspecified atom stereocenters. The van der Waals surface area contributed by atoms with Gasteiger partial charge in [-0.15, -0.1) is 0 Å². The second-order valence-corrected chi connectivity index (χ2v) is 3.93. The topological polar surface area (TPSA) is 56.6 Å². The van der Waals surface area contributed by atoms with Crippen LogP contribution in [0.3, 0.4) is 0 Å². The first kappa shape index (κ1) is 13.7. The lowest BCUT2D eigenvalue weighted by Gasteiger charge is -2.05. The minimum atomic E-state index is 0.394. The van der Waals surface area contributed by atoms with Gasteiger partial charge < -0.3 is 9.57 Å². The molecule has 2 rings (SSSR count). The summed E-state index contributed by atoms with van der Waals surface area (Å²) in [6.45, 7) is 5.83. The van der Waals surface area contributed by atoms with Crippen LogP contribution in [0.4, 0.5) is 0 Å². The Morgan fingerprint density at radius 1 is 1.30 bits per heavy atom. The minimum absolute atomic E-state index is 0.394. The molecule has 1 heterocycles. The van der Waals surface area contributed by atoms with Crippen molar-refractivity contribution in [2.45, 2.75) is 6.92 Å². The Kier molecular flexibility index (Phi) is 4.83. The van der Waals surface area contributed by atoms with E-state index in [1.54, 1.807) is 24.7 Å². The summed E-state index contributed by atoms with van der Waals surface area (Å²) < 4.78 is 5.55. The van der Waals surface area contributed by atoms with E-state index in [1.165, 1.54) is 0 Å². The minimum Gasteiger partial charge on any atom is -0.438 e. The highest BCUT2D eigenvalue weighted by atomic mass is 16.6. The quantitative estimate of drug-likeness (QED) is 0.350. The Balaban J connectivity index is 2.02. The predicted molar refractivity (Wildman–Crippen MR) is 76.9 cm³/mol. The van der Waals surface area contributed by atoms with Gasteiger partial charge in [0.25, 0.3) is 0 Å². The van der Waals surface area contributed by atoms with Crippen molar-refractivity contribution < 1.29 is 9.57 Å². The van der Waals surface area contributed by atoms with Gasteiger partial charge in [-0.3, -0.25) is 4.98 Å². The maximum Gasteiger partial charge on any atom is 0.237 e. The van der Waals surface area contributed by atoms with Crippen LogP contribution in [0.1, 0.15) is 12.5 Å². The summed E-state index contributed by atoms with van der Waals surface area (Å²) in [4.78, 5) is 13.0. The fourth-order valence-electron chi connectivity index (χ4n) is 1.46. The molecule has 0 fully saturated rings. The second kappa shape index (κ2) is 7.04. The molecule has 1 aromatic heterocycles. The molecule has 0 radical (unpaired) electrons. The first-order chi connectivity index (χ1) is 9.79.